The van der Waals surface area contributed by atoms with Crippen molar-refractivity contribution in [1.82, 2.24) is 10.2 Å². The lowest BCUT2D eigenvalue weighted by Gasteiger charge is -2.24. The Hall–Kier alpha value is -1.37. The molecule has 18 heavy (non-hydrogen) atoms. The van der Waals surface area contributed by atoms with E-state index in [-0.39, 0.29) is 0 Å². The molecule has 0 amide bonds. The zero-order valence-corrected chi connectivity index (χ0v) is 11.2. The molecule has 0 saturated heterocycles. The van der Waals surface area contributed by atoms with E-state index in [9.17, 15) is 0 Å². The Bertz CT molecular complexity index is 432. The van der Waals surface area contributed by atoms with E-state index in [1.165, 1.54) is 12.8 Å². The lowest BCUT2D eigenvalue weighted by molar-refractivity contribution is 0.241. The minimum absolute atomic E-state index is 0.548. The molecule has 0 aromatic heterocycles. The van der Waals surface area contributed by atoms with Crippen LogP contribution in [0.4, 0.5) is 0 Å². The Morgan fingerprint density at radius 3 is 2.83 bits per heavy atom. The van der Waals surface area contributed by atoms with Gasteiger partial charge in [0.15, 0.2) is 0 Å². The Kier molecular flexibility index (Phi) is 4.35. The molecule has 2 rings (SSSR count). The molecule has 1 N–H and O–H groups in total. The maximum absolute atomic E-state index is 9.01. The van der Waals surface area contributed by atoms with Crippen LogP contribution < -0.4 is 5.32 Å². The SMILES string of the molecule is CC(CNCc1ccccc1C#N)N(C)C1CC1. The Balaban J connectivity index is 1.79. The fourth-order valence-corrected chi connectivity index (χ4v) is 2.18. The molecule has 1 saturated carbocycles. The highest BCUT2D eigenvalue weighted by atomic mass is 15.2. The van der Waals surface area contributed by atoms with Gasteiger partial charge < -0.3 is 5.32 Å². The van der Waals surface area contributed by atoms with Gasteiger partial charge in [-0.3, -0.25) is 4.90 Å². The van der Waals surface area contributed by atoms with Crippen LogP contribution in [0.1, 0.15) is 30.9 Å². The van der Waals surface area contributed by atoms with Crippen LogP contribution in [-0.4, -0.2) is 30.6 Å². The van der Waals surface area contributed by atoms with E-state index in [1.807, 2.05) is 24.3 Å². The Labute approximate surface area is 109 Å². The maximum atomic E-state index is 9.01. The molecular weight excluding hydrogens is 222 g/mol. The van der Waals surface area contributed by atoms with Gasteiger partial charge in [0, 0.05) is 25.2 Å². The zero-order chi connectivity index (χ0) is 13.0. The van der Waals surface area contributed by atoms with Gasteiger partial charge in [-0.25, -0.2) is 0 Å². The van der Waals surface area contributed by atoms with E-state index < -0.39 is 0 Å². The Morgan fingerprint density at radius 1 is 1.44 bits per heavy atom. The summed E-state index contributed by atoms with van der Waals surface area (Å²) in [6, 6.07) is 11.4. The molecule has 0 bridgehead atoms. The molecular formula is C15H21N3. The first-order chi connectivity index (χ1) is 8.72. The average Bonchev–Trinajstić information content (AvgIpc) is 3.22. The second-order valence-corrected chi connectivity index (χ2v) is 5.15. The summed E-state index contributed by atoms with van der Waals surface area (Å²) >= 11 is 0. The first kappa shape index (κ1) is 13.1. The van der Waals surface area contributed by atoms with Gasteiger partial charge in [-0.1, -0.05) is 18.2 Å². The number of hydrogen-bond acceptors (Lipinski definition) is 3. The number of likely N-dealkylation sites (N-methyl/N-ethyl adjacent to an activating group) is 1. The molecule has 0 aliphatic heterocycles. The summed E-state index contributed by atoms with van der Waals surface area (Å²) in [5.41, 5.74) is 1.86. The number of nitriles is 1. The van der Waals surface area contributed by atoms with Crippen molar-refractivity contribution in [3.8, 4) is 6.07 Å². The van der Waals surface area contributed by atoms with Crippen LogP contribution in [0.3, 0.4) is 0 Å². The third-order valence-electron chi connectivity index (χ3n) is 3.71. The molecule has 1 aromatic rings. The summed E-state index contributed by atoms with van der Waals surface area (Å²) in [5.74, 6) is 0. The second kappa shape index (κ2) is 5.99. The van der Waals surface area contributed by atoms with Gasteiger partial charge in [-0.05, 0) is 38.4 Å². The normalized spacial score (nSPS) is 16.6. The van der Waals surface area contributed by atoms with E-state index >= 15 is 0 Å². The highest BCUT2D eigenvalue weighted by molar-refractivity contribution is 5.37. The maximum Gasteiger partial charge on any atom is 0.0995 e. The molecule has 96 valence electrons. The van der Waals surface area contributed by atoms with Crippen LogP contribution in [0.5, 0.6) is 0 Å². The summed E-state index contributed by atoms with van der Waals surface area (Å²) in [4.78, 5) is 2.45. The molecule has 0 spiro atoms. The molecule has 0 radical (unpaired) electrons. The van der Waals surface area contributed by atoms with Crippen LogP contribution in [-0.2, 0) is 6.54 Å². The van der Waals surface area contributed by atoms with Crippen LogP contribution in [0, 0.1) is 11.3 Å². The van der Waals surface area contributed by atoms with Crippen molar-refractivity contribution < 1.29 is 0 Å². The number of nitrogens with zero attached hydrogens (tertiary/aromatic N) is 2. The van der Waals surface area contributed by atoms with E-state index in [1.54, 1.807) is 0 Å². The molecule has 1 atom stereocenters. The standard InChI is InChI=1S/C15H21N3/c1-12(18(2)15-7-8-15)10-17-11-14-6-4-3-5-13(14)9-16/h3-6,12,15,17H,7-8,10-11H2,1-2H3. The zero-order valence-electron chi connectivity index (χ0n) is 11.2. The fourth-order valence-electron chi connectivity index (χ4n) is 2.18. The van der Waals surface area contributed by atoms with E-state index in [0.717, 1.165) is 30.3 Å². The number of hydrogen-bond donors (Lipinski definition) is 1. The van der Waals surface area contributed by atoms with Gasteiger partial charge in [0.2, 0.25) is 0 Å². The summed E-state index contributed by atoms with van der Waals surface area (Å²) in [7, 11) is 2.20. The third-order valence-corrected chi connectivity index (χ3v) is 3.71. The van der Waals surface area contributed by atoms with Crippen molar-refractivity contribution in [2.24, 2.45) is 0 Å². The van der Waals surface area contributed by atoms with Crippen molar-refractivity contribution in [1.29, 1.82) is 5.26 Å². The lowest BCUT2D eigenvalue weighted by atomic mass is 10.1. The van der Waals surface area contributed by atoms with Crippen molar-refractivity contribution >= 4 is 0 Å². The molecule has 1 unspecified atom stereocenters. The van der Waals surface area contributed by atoms with Gasteiger partial charge in [-0.2, -0.15) is 5.26 Å². The minimum Gasteiger partial charge on any atom is -0.311 e. The summed E-state index contributed by atoms with van der Waals surface area (Å²) in [6.07, 6.45) is 2.69. The van der Waals surface area contributed by atoms with Gasteiger partial charge in [0.05, 0.1) is 11.6 Å². The second-order valence-electron chi connectivity index (χ2n) is 5.15. The molecule has 1 aliphatic carbocycles. The molecule has 1 aliphatic rings. The van der Waals surface area contributed by atoms with Crippen molar-refractivity contribution in [3.63, 3.8) is 0 Å². The quantitative estimate of drug-likeness (QED) is 0.832. The highest BCUT2D eigenvalue weighted by Gasteiger charge is 2.28. The first-order valence-corrected chi connectivity index (χ1v) is 6.63. The van der Waals surface area contributed by atoms with Crippen molar-refractivity contribution in [2.45, 2.75) is 38.4 Å². The van der Waals surface area contributed by atoms with E-state index in [4.69, 9.17) is 5.26 Å². The van der Waals surface area contributed by atoms with Crippen LogP contribution in [0.15, 0.2) is 24.3 Å². The predicted molar refractivity (Wildman–Crippen MR) is 73.1 cm³/mol. The average molecular weight is 243 g/mol. The first-order valence-electron chi connectivity index (χ1n) is 6.63. The molecule has 3 heteroatoms. The number of rotatable bonds is 6. The van der Waals surface area contributed by atoms with Crippen LogP contribution in [0.2, 0.25) is 0 Å². The van der Waals surface area contributed by atoms with Crippen LogP contribution >= 0.6 is 0 Å². The third kappa shape index (κ3) is 3.32. The smallest absolute Gasteiger partial charge is 0.0995 e. The van der Waals surface area contributed by atoms with E-state index in [0.29, 0.717) is 6.04 Å². The van der Waals surface area contributed by atoms with Gasteiger partial charge in [0.1, 0.15) is 0 Å². The minimum atomic E-state index is 0.548. The molecule has 0 heterocycles. The molecule has 3 nitrogen and oxygen atoms in total. The largest absolute Gasteiger partial charge is 0.311 e. The predicted octanol–water partition coefficient (Wildman–Crippen LogP) is 2.13. The van der Waals surface area contributed by atoms with Gasteiger partial charge >= 0.3 is 0 Å². The summed E-state index contributed by atoms with van der Waals surface area (Å²) < 4.78 is 0. The lowest BCUT2D eigenvalue weighted by Crippen LogP contribution is -2.39. The topological polar surface area (TPSA) is 39.1 Å². The number of benzene rings is 1. The van der Waals surface area contributed by atoms with Crippen LogP contribution in [0.25, 0.3) is 0 Å². The van der Waals surface area contributed by atoms with Crippen molar-refractivity contribution in [3.05, 3.63) is 35.4 Å². The van der Waals surface area contributed by atoms with E-state index in [2.05, 4.69) is 30.3 Å². The fraction of sp³-hybridized carbons (Fsp3) is 0.533. The van der Waals surface area contributed by atoms with Gasteiger partial charge in [0.25, 0.3) is 0 Å². The Morgan fingerprint density at radius 2 is 2.17 bits per heavy atom. The molecule has 1 aromatic carbocycles. The highest BCUT2D eigenvalue weighted by Crippen LogP contribution is 2.26. The summed E-state index contributed by atoms with van der Waals surface area (Å²) in [6.45, 7) is 3.99. The van der Waals surface area contributed by atoms with Gasteiger partial charge in [-0.15, -0.1) is 0 Å². The van der Waals surface area contributed by atoms with Crippen molar-refractivity contribution in [2.75, 3.05) is 13.6 Å². The number of nitrogens with one attached hydrogen (secondary N) is 1. The monoisotopic (exact) mass is 243 g/mol. The molecule has 1 fully saturated rings. The summed E-state index contributed by atoms with van der Waals surface area (Å²) in [5, 5.41) is 12.5.